The fourth-order valence-electron chi connectivity index (χ4n) is 1.93. The van der Waals surface area contributed by atoms with Crippen molar-refractivity contribution >= 4 is 5.91 Å². The molecule has 1 fully saturated rings. The molecule has 0 heterocycles. The van der Waals surface area contributed by atoms with Gasteiger partial charge in [-0.1, -0.05) is 26.2 Å². The lowest BCUT2D eigenvalue weighted by molar-refractivity contribution is -0.116. The van der Waals surface area contributed by atoms with E-state index in [9.17, 15) is 4.79 Å². The second-order valence-electron chi connectivity index (χ2n) is 4.20. The maximum Gasteiger partial charge on any atom is 0.295 e. The van der Waals surface area contributed by atoms with Gasteiger partial charge in [-0.25, -0.2) is 0 Å². The Bertz CT molecular complexity index is 221. The molecule has 72 valence electrons. The number of rotatable bonds is 2. The molecule has 0 saturated heterocycles. The zero-order valence-electron chi connectivity index (χ0n) is 8.23. The predicted molar refractivity (Wildman–Crippen MR) is 53.0 cm³/mol. The van der Waals surface area contributed by atoms with Crippen molar-refractivity contribution in [2.75, 3.05) is 6.54 Å². The fourth-order valence-corrected chi connectivity index (χ4v) is 1.93. The van der Waals surface area contributed by atoms with Crippen LogP contribution in [-0.2, 0) is 4.79 Å². The highest BCUT2D eigenvalue weighted by Crippen LogP contribution is 2.34. The zero-order valence-corrected chi connectivity index (χ0v) is 8.23. The summed E-state index contributed by atoms with van der Waals surface area (Å²) in [6.07, 6.45) is 11.3. The number of amides is 1. The summed E-state index contributed by atoms with van der Waals surface area (Å²) >= 11 is 0. The summed E-state index contributed by atoms with van der Waals surface area (Å²) in [5, 5.41) is 2.77. The maximum atomic E-state index is 10.8. The molecule has 2 heteroatoms. The molecule has 1 saturated carbocycles. The van der Waals surface area contributed by atoms with Crippen molar-refractivity contribution in [1.29, 1.82) is 0 Å². The van der Waals surface area contributed by atoms with Gasteiger partial charge >= 0.3 is 0 Å². The first-order valence-electron chi connectivity index (χ1n) is 4.91. The van der Waals surface area contributed by atoms with Crippen LogP contribution in [0.4, 0.5) is 0 Å². The minimum absolute atomic E-state index is 0.282. The summed E-state index contributed by atoms with van der Waals surface area (Å²) in [6, 6.07) is 0. The van der Waals surface area contributed by atoms with E-state index in [0.29, 0.717) is 0 Å². The number of hydrogen-bond donors (Lipinski definition) is 1. The molecular weight excluding hydrogens is 162 g/mol. The molecule has 0 aromatic heterocycles. The molecule has 1 amide bonds. The maximum absolute atomic E-state index is 10.8. The predicted octanol–water partition coefficient (Wildman–Crippen LogP) is 1.71. The first kappa shape index (κ1) is 10.1. The van der Waals surface area contributed by atoms with Gasteiger partial charge in [0.1, 0.15) is 0 Å². The van der Waals surface area contributed by atoms with Gasteiger partial charge in [-0.2, -0.15) is 0 Å². The summed E-state index contributed by atoms with van der Waals surface area (Å²) in [6.45, 7) is 2.96. The van der Waals surface area contributed by atoms with Crippen molar-refractivity contribution in [1.82, 2.24) is 5.32 Å². The molecule has 13 heavy (non-hydrogen) atoms. The quantitative estimate of drug-likeness (QED) is 0.642. The van der Waals surface area contributed by atoms with E-state index < -0.39 is 0 Å². The average molecular weight is 179 g/mol. The van der Waals surface area contributed by atoms with E-state index >= 15 is 0 Å². The molecule has 0 atom stereocenters. The molecule has 1 N–H and O–H groups in total. The Morgan fingerprint density at radius 2 is 2.08 bits per heavy atom. The molecule has 1 aliphatic rings. The lowest BCUT2D eigenvalue weighted by atomic mass is 9.76. The highest BCUT2D eigenvalue weighted by Gasteiger charge is 2.26. The lowest BCUT2D eigenvalue weighted by Gasteiger charge is -2.33. The Labute approximate surface area is 80.1 Å². The van der Waals surface area contributed by atoms with Crippen molar-refractivity contribution in [2.24, 2.45) is 5.41 Å². The standard InChI is InChI=1S/C11H17NO/c1-3-10(13)12-9-11(2)7-5-4-6-8-11/h1H,4-9H2,2H3,(H,12,13). The van der Waals surface area contributed by atoms with Crippen LogP contribution < -0.4 is 5.32 Å². The average Bonchev–Trinajstić information content (AvgIpc) is 2.15. The van der Waals surface area contributed by atoms with Crippen LogP contribution in [0.25, 0.3) is 0 Å². The van der Waals surface area contributed by atoms with Crippen LogP contribution in [0.2, 0.25) is 0 Å². The van der Waals surface area contributed by atoms with E-state index in [-0.39, 0.29) is 11.3 Å². The van der Waals surface area contributed by atoms with Crippen molar-refractivity contribution < 1.29 is 4.79 Å². The van der Waals surface area contributed by atoms with E-state index in [1.54, 1.807) is 0 Å². The Hall–Kier alpha value is -0.970. The molecule has 0 spiro atoms. The summed E-state index contributed by atoms with van der Waals surface area (Å²) in [4.78, 5) is 10.8. The first-order chi connectivity index (χ1) is 6.16. The van der Waals surface area contributed by atoms with Gasteiger partial charge in [-0.3, -0.25) is 4.79 Å². The highest BCUT2D eigenvalue weighted by molar-refractivity contribution is 5.92. The van der Waals surface area contributed by atoms with Crippen LogP contribution in [-0.4, -0.2) is 12.5 Å². The minimum Gasteiger partial charge on any atom is -0.345 e. The molecule has 0 bridgehead atoms. The number of terminal acetylenes is 1. The van der Waals surface area contributed by atoms with Gasteiger partial charge in [-0.15, -0.1) is 6.42 Å². The zero-order chi connectivity index (χ0) is 9.73. The van der Waals surface area contributed by atoms with Gasteiger partial charge in [0.25, 0.3) is 5.91 Å². The van der Waals surface area contributed by atoms with Crippen LogP contribution in [0.1, 0.15) is 39.0 Å². The second kappa shape index (κ2) is 4.32. The third-order valence-electron chi connectivity index (χ3n) is 2.87. The SMILES string of the molecule is C#CC(=O)NCC1(C)CCCCC1. The molecule has 1 rings (SSSR count). The Morgan fingerprint density at radius 1 is 1.46 bits per heavy atom. The third kappa shape index (κ3) is 3.10. The van der Waals surface area contributed by atoms with E-state index in [1.165, 1.54) is 32.1 Å². The van der Waals surface area contributed by atoms with Crippen molar-refractivity contribution in [2.45, 2.75) is 39.0 Å². The fraction of sp³-hybridized carbons (Fsp3) is 0.727. The van der Waals surface area contributed by atoms with Crippen LogP contribution in [0.15, 0.2) is 0 Å². The van der Waals surface area contributed by atoms with Gasteiger partial charge in [0.2, 0.25) is 0 Å². The third-order valence-corrected chi connectivity index (χ3v) is 2.87. The van der Waals surface area contributed by atoms with Crippen LogP contribution >= 0.6 is 0 Å². The second-order valence-corrected chi connectivity index (χ2v) is 4.20. The number of carbonyl (C=O) groups is 1. The molecular formula is C11H17NO. The van der Waals surface area contributed by atoms with Crippen molar-refractivity contribution in [3.8, 4) is 12.3 Å². The van der Waals surface area contributed by atoms with Crippen molar-refractivity contribution in [3.05, 3.63) is 0 Å². The van der Waals surface area contributed by atoms with Gasteiger partial charge in [0, 0.05) is 6.54 Å². The number of carbonyl (C=O) groups excluding carboxylic acids is 1. The molecule has 0 aliphatic heterocycles. The Balaban J connectivity index is 2.34. The summed E-state index contributed by atoms with van der Waals surface area (Å²) in [5.41, 5.74) is 0.282. The first-order valence-corrected chi connectivity index (χ1v) is 4.91. The summed E-state index contributed by atoms with van der Waals surface area (Å²) < 4.78 is 0. The molecule has 0 unspecified atom stereocenters. The molecule has 2 nitrogen and oxygen atoms in total. The van der Waals surface area contributed by atoms with E-state index in [1.807, 2.05) is 0 Å². The smallest absolute Gasteiger partial charge is 0.295 e. The van der Waals surface area contributed by atoms with Crippen LogP contribution in [0, 0.1) is 17.8 Å². The van der Waals surface area contributed by atoms with Gasteiger partial charge < -0.3 is 5.32 Å². The topological polar surface area (TPSA) is 29.1 Å². The van der Waals surface area contributed by atoms with E-state index in [4.69, 9.17) is 6.42 Å². The Kier molecular flexibility index (Phi) is 3.36. The molecule has 0 aromatic rings. The van der Waals surface area contributed by atoms with Crippen LogP contribution in [0.5, 0.6) is 0 Å². The number of nitrogens with one attached hydrogen (secondary N) is 1. The monoisotopic (exact) mass is 179 g/mol. The Morgan fingerprint density at radius 3 is 2.62 bits per heavy atom. The lowest BCUT2D eigenvalue weighted by Crippen LogP contribution is -2.36. The number of hydrogen-bond acceptors (Lipinski definition) is 1. The van der Waals surface area contributed by atoms with E-state index in [2.05, 4.69) is 18.2 Å². The minimum atomic E-state index is -0.285. The van der Waals surface area contributed by atoms with Gasteiger partial charge in [0.15, 0.2) is 0 Å². The van der Waals surface area contributed by atoms with Gasteiger partial charge in [-0.05, 0) is 24.2 Å². The van der Waals surface area contributed by atoms with E-state index in [0.717, 1.165) is 6.54 Å². The summed E-state index contributed by atoms with van der Waals surface area (Å²) in [5.74, 6) is 1.79. The molecule has 0 aromatic carbocycles. The molecule has 1 aliphatic carbocycles. The normalized spacial score (nSPS) is 20.3. The summed E-state index contributed by atoms with van der Waals surface area (Å²) in [7, 11) is 0. The van der Waals surface area contributed by atoms with Gasteiger partial charge in [0.05, 0.1) is 0 Å². The molecule has 0 radical (unpaired) electrons. The van der Waals surface area contributed by atoms with Crippen molar-refractivity contribution in [3.63, 3.8) is 0 Å². The highest BCUT2D eigenvalue weighted by atomic mass is 16.1. The largest absolute Gasteiger partial charge is 0.345 e. The van der Waals surface area contributed by atoms with Crippen LogP contribution in [0.3, 0.4) is 0 Å².